The number of methoxy groups -OCH3 is 1. The third kappa shape index (κ3) is 4.06. The molecule has 146 valence electrons. The molecular formula is C20H17BrF2N2O3. The molecule has 0 saturated carbocycles. The number of amides is 2. The van der Waals surface area contributed by atoms with E-state index in [0.717, 1.165) is 17.7 Å². The van der Waals surface area contributed by atoms with Gasteiger partial charge in [0.1, 0.15) is 5.75 Å². The smallest absolute Gasteiger partial charge is 0.326 e. The molecule has 1 aliphatic heterocycles. The maximum absolute atomic E-state index is 13.7. The first-order valence-electron chi connectivity index (χ1n) is 8.39. The lowest BCUT2D eigenvalue weighted by Crippen LogP contribution is -2.37. The summed E-state index contributed by atoms with van der Waals surface area (Å²) in [6, 6.07) is 5.53. The Bertz CT molecular complexity index is 978. The fourth-order valence-corrected chi connectivity index (χ4v) is 3.54. The molecule has 0 aromatic heterocycles. The van der Waals surface area contributed by atoms with Gasteiger partial charge in [0.15, 0.2) is 17.4 Å². The molecule has 3 rings (SSSR count). The SMILES string of the molecule is COc1cc(NC(=O)N2C=CC(=O)CC2c2ccc(F)c(F)c2)c(Br)cc1C. The summed E-state index contributed by atoms with van der Waals surface area (Å²) in [5.74, 6) is -1.64. The van der Waals surface area contributed by atoms with Crippen molar-refractivity contribution >= 4 is 33.4 Å². The topological polar surface area (TPSA) is 58.6 Å². The molecule has 0 aliphatic carbocycles. The zero-order valence-corrected chi connectivity index (χ0v) is 16.7. The Labute approximate surface area is 169 Å². The summed E-state index contributed by atoms with van der Waals surface area (Å²) in [6.45, 7) is 1.87. The number of allylic oxidation sites excluding steroid dienone is 1. The molecular weight excluding hydrogens is 434 g/mol. The van der Waals surface area contributed by atoms with Gasteiger partial charge in [0.25, 0.3) is 0 Å². The number of rotatable bonds is 3. The number of aryl methyl sites for hydroxylation is 1. The number of nitrogens with one attached hydrogen (secondary N) is 1. The first-order valence-corrected chi connectivity index (χ1v) is 9.19. The van der Waals surface area contributed by atoms with Crippen molar-refractivity contribution in [1.29, 1.82) is 0 Å². The second-order valence-corrected chi connectivity index (χ2v) is 7.17. The fourth-order valence-electron chi connectivity index (χ4n) is 2.98. The van der Waals surface area contributed by atoms with E-state index in [1.165, 1.54) is 30.4 Å². The Hall–Kier alpha value is -2.74. The van der Waals surface area contributed by atoms with Crippen LogP contribution < -0.4 is 10.1 Å². The normalized spacial score (nSPS) is 16.2. The standard InChI is InChI=1S/C20H17BrF2N2O3/c1-11-7-14(21)17(10-19(11)28-2)24-20(27)25-6-5-13(26)9-18(25)12-3-4-15(22)16(23)8-12/h3-8,10,18H,9H2,1-2H3,(H,24,27). The van der Waals surface area contributed by atoms with Gasteiger partial charge in [0.2, 0.25) is 0 Å². The number of hydrogen-bond acceptors (Lipinski definition) is 3. The Balaban J connectivity index is 1.91. The van der Waals surface area contributed by atoms with Gasteiger partial charge in [-0.3, -0.25) is 9.69 Å². The molecule has 1 aliphatic rings. The summed E-state index contributed by atoms with van der Waals surface area (Å²) in [7, 11) is 1.53. The van der Waals surface area contributed by atoms with Gasteiger partial charge in [-0.05, 0) is 58.3 Å². The average molecular weight is 451 g/mol. The van der Waals surface area contributed by atoms with Crippen LogP contribution in [-0.4, -0.2) is 23.8 Å². The minimum Gasteiger partial charge on any atom is -0.496 e. The predicted octanol–water partition coefficient (Wildman–Crippen LogP) is 5.11. The van der Waals surface area contributed by atoms with Crippen LogP contribution in [0.15, 0.2) is 47.1 Å². The van der Waals surface area contributed by atoms with Crippen LogP contribution in [0.3, 0.4) is 0 Å². The van der Waals surface area contributed by atoms with Gasteiger partial charge in [-0.25, -0.2) is 13.6 Å². The van der Waals surface area contributed by atoms with Crippen LogP contribution in [0, 0.1) is 18.6 Å². The van der Waals surface area contributed by atoms with E-state index in [0.29, 0.717) is 21.5 Å². The number of hydrogen-bond donors (Lipinski definition) is 1. The highest BCUT2D eigenvalue weighted by Gasteiger charge is 2.29. The number of anilines is 1. The fraction of sp³-hybridized carbons (Fsp3) is 0.200. The Morgan fingerprint density at radius 3 is 2.68 bits per heavy atom. The van der Waals surface area contributed by atoms with E-state index in [4.69, 9.17) is 4.74 Å². The number of carbonyl (C=O) groups is 2. The average Bonchev–Trinajstić information content (AvgIpc) is 2.66. The highest BCUT2D eigenvalue weighted by Crippen LogP contribution is 2.33. The zero-order valence-electron chi connectivity index (χ0n) is 15.1. The summed E-state index contributed by atoms with van der Waals surface area (Å²) in [4.78, 5) is 26.0. The number of benzene rings is 2. The van der Waals surface area contributed by atoms with Crippen molar-refractivity contribution in [1.82, 2.24) is 4.90 Å². The lowest BCUT2D eigenvalue weighted by molar-refractivity contribution is -0.116. The summed E-state index contributed by atoms with van der Waals surface area (Å²) in [6.07, 6.45) is 2.58. The summed E-state index contributed by atoms with van der Waals surface area (Å²) >= 11 is 3.40. The Morgan fingerprint density at radius 1 is 1.25 bits per heavy atom. The summed E-state index contributed by atoms with van der Waals surface area (Å²) < 4.78 is 32.9. The molecule has 28 heavy (non-hydrogen) atoms. The van der Waals surface area contributed by atoms with Gasteiger partial charge in [-0.2, -0.15) is 0 Å². The van der Waals surface area contributed by atoms with E-state index in [2.05, 4.69) is 21.2 Å². The van der Waals surface area contributed by atoms with E-state index in [9.17, 15) is 18.4 Å². The van der Waals surface area contributed by atoms with Crippen molar-refractivity contribution in [2.75, 3.05) is 12.4 Å². The maximum atomic E-state index is 13.7. The van der Waals surface area contributed by atoms with Gasteiger partial charge in [-0.15, -0.1) is 0 Å². The van der Waals surface area contributed by atoms with Gasteiger partial charge in [0, 0.05) is 23.2 Å². The van der Waals surface area contributed by atoms with Crippen molar-refractivity contribution in [2.45, 2.75) is 19.4 Å². The molecule has 0 spiro atoms. The van der Waals surface area contributed by atoms with Crippen molar-refractivity contribution in [2.24, 2.45) is 0 Å². The quantitative estimate of drug-likeness (QED) is 0.706. The molecule has 1 atom stereocenters. The zero-order chi connectivity index (χ0) is 20.4. The molecule has 1 unspecified atom stereocenters. The van der Waals surface area contributed by atoms with E-state index in [-0.39, 0.29) is 12.2 Å². The highest BCUT2D eigenvalue weighted by molar-refractivity contribution is 9.10. The van der Waals surface area contributed by atoms with Crippen LogP contribution in [0.4, 0.5) is 19.3 Å². The van der Waals surface area contributed by atoms with Crippen molar-refractivity contribution in [3.05, 3.63) is 69.8 Å². The van der Waals surface area contributed by atoms with Gasteiger partial charge in [-0.1, -0.05) is 6.07 Å². The van der Waals surface area contributed by atoms with Crippen LogP contribution in [-0.2, 0) is 4.79 Å². The van der Waals surface area contributed by atoms with E-state index < -0.39 is 23.7 Å². The van der Waals surface area contributed by atoms with Gasteiger partial charge in [0.05, 0.1) is 18.8 Å². The molecule has 2 amide bonds. The van der Waals surface area contributed by atoms with Crippen LogP contribution in [0.1, 0.15) is 23.6 Å². The molecule has 2 aromatic rings. The Morgan fingerprint density at radius 2 is 2.00 bits per heavy atom. The third-order valence-corrected chi connectivity index (χ3v) is 5.10. The predicted molar refractivity (Wildman–Crippen MR) is 104 cm³/mol. The van der Waals surface area contributed by atoms with E-state index in [1.54, 1.807) is 12.1 Å². The third-order valence-electron chi connectivity index (χ3n) is 4.44. The maximum Gasteiger partial charge on any atom is 0.326 e. The minimum atomic E-state index is -1.04. The number of nitrogens with zero attached hydrogens (tertiary/aromatic N) is 1. The lowest BCUT2D eigenvalue weighted by atomic mass is 9.97. The van der Waals surface area contributed by atoms with Crippen LogP contribution in [0.5, 0.6) is 5.75 Å². The second kappa shape index (κ2) is 8.10. The molecule has 2 aromatic carbocycles. The first-order chi connectivity index (χ1) is 13.3. The molecule has 5 nitrogen and oxygen atoms in total. The van der Waals surface area contributed by atoms with Crippen molar-refractivity contribution < 1.29 is 23.1 Å². The van der Waals surface area contributed by atoms with Crippen LogP contribution >= 0.6 is 15.9 Å². The van der Waals surface area contributed by atoms with Crippen LogP contribution in [0.25, 0.3) is 0 Å². The second-order valence-electron chi connectivity index (χ2n) is 6.31. The molecule has 0 radical (unpaired) electrons. The number of ether oxygens (including phenoxy) is 1. The first kappa shape index (κ1) is 20.0. The molecule has 0 fully saturated rings. The number of carbonyl (C=O) groups excluding carboxylic acids is 2. The lowest BCUT2D eigenvalue weighted by Gasteiger charge is -2.31. The highest BCUT2D eigenvalue weighted by atomic mass is 79.9. The molecule has 1 heterocycles. The summed E-state index contributed by atoms with van der Waals surface area (Å²) in [5.41, 5.74) is 1.68. The van der Waals surface area contributed by atoms with E-state index >= 15 is 0 Å². The number of halogens is 3. The number of urea groups is 1. The molecule has 0 saturated heterocycles. The van der Waals surface area contributed by atoms with Crippen molar-refractivity contribution in [3.8, 4) is 5.75 Å². The van der Waals surface area contributed by atoms with Gasteiger partial charge < -0.3 is 10.1 Å². The molecule has 8 heteroatoms. The molecule has 0 bridgehead atoms. The summed E-state index contributed by atoms with van der Waals surface area (Å²) in [5, 5.41) is 2.75. The van der Waals surface area contributed by atoms with E-state index in [1.807, 2.05) is 6.92 Å². The molecule has 1 N–H and O–H groups in total. The Kier molecular flexibility index (Phi) is 5.79. The monoisotopic (exact) mass is 450 g/mol. The van der Waals surface area contributed by atoms with Crippen molar-refractivity contribution in [3.63, 3.8) is 0 Å². The number of ketones is 1. The van der Waals surface area contributed by atoms with Gasteiger partial charge >= 0.3 is 6.03 Å². The minimum absolute atomic E-state index is 0.0343. The largest absolute Gasteiger partial charge is 0.496 e. The van der Waals surface area contributed by atoms with Crippen LogP contribution in [0.2, 0.25) is 0 Å².